The molecule has 1 fully saturated rings. The highest BCUT2D eigenvalue weighted by Crippen LogP contribution is 2.29. The normalized spacial score (nSPS) is 30.5. The Balaban J connectivity index is 2.06. The van der Waals surface area contributed by atoms with E-state index in [1.54, 1.807) is 0 Å². The number of hydrogen-bond donors (Lipinski definition) is 1. The second kappa shape index (κ2) is 4.07. The highest BCUT2D eigenvalue weighted by Gasteiger charge is 2.27. The molecule has 0 saturated heterocycles. The quantitative estimate of drug-likeness (QED) is 0.651. The van der Waals surface area contributed by atoms with Crippen molar-refractivity contribution in [3.05, 3.63) is 0 Å². The predicted molar refractivity (Wildman–Crippen MR) is 48.7 cm³/mol. The molecule has 1 rings (SSSR count). The van der Waals surface area contributed by atoms with Gasteiger partial charge >= 0.3 is 0 Å². The van der Waals surface area contributed by atoms with Crippen LogP contribution in [0.5, 0.6) is 0 Å². The second-order valence-corrected chi connectivity index (χ2v) is 3.81. The van der Waals surface area contributed by atoms with Gasteiger partial charge in [-0.1, -0.05) is 6.92 Å². The molecule has 1 saturated carbocycles. The first kappa shape index (κ1) is 9.01. The van der Waals surface area contributed by atoms with Crippen LogP contribution < -0.4 is 5.32 Å². The molecular weight excluding hydrogens is 136 g/mol. The lowest BCUT2D eigenvalue weighted by Crippen LogP contribution is -2.43. The molecule has 0 aromatic heterocycles. The summed E-state index contributed by atoms with van der Waals surface area (Å²) in [6.45, 7) is 4.64. The van der Waals surface area contributed by atoms with Gasteiger partial charge in [-0.05, 0) is 32.9 Å². The highest BCUT2D eigenvalue weighted by atomic mass is 15.1. The van der Waals surface area contributed by atoms with Crippen LogP contribution in [0.4, 0.5) is 0 Å². The van der Waals surface area contributed by atoms with Crippen molar-refractivity contribution in [2.24, 2.45) is 5.92 Å². The van der Waals surface area contributed by atoms with Gasteiger partial charge in [-0.25, -0.2) is 0 Å². The van der Waals surface area contributed by atoms with E-state index in [1.807, 2.05) is 7.05 Å². The van der Waals surface area contributed by atoms with E-state index in [1.165, 1.54) is 19.4 Å². The molecule has 0 aromatic carbocycles. The van der Waals surface area contributed by atoms with Gasteiger partial charge in [0.25, 0.3) is 0 Å². The molecule has 0 spiro atoms. The summed E-state index contributed by atoms with van der Waals surface area (Å²) in [6.07, 6.45) is 2.81. The monoisotopic (exact) mass is 156 g/mol. The van der Waals surface area contributed by atoms with Crippen molar-refractivity contribution in [2.45, 2.75) is 25.8 Å². The zero-order valence-corrected chi connectivity index (χ0v) is 7.93. The summed E-state index contributed by atoms with van der Waals surface area (Å²) in [4.78, 5) is 2.47. The maximum absolute atomic E-state index is 3.17. The van der Waals surface area contributed by atoms with Crippen LogP contribution in [-0.4, -0.2) is 38.1 Å². The fourth-order valence-corrected chi connectivity index (χ4v) is 1.69. The van der Waals surface area contributed by atoms with Crippen molar-refractivity contribution in [3.63, 3.8) is 0 Å². The van der Waals surface area contributed by atoms with Crippen LogP contribution in [-0.2, 0) is 0 Å². The Bertz CT molecular complexity index is 108. The molecule has 0 aliphatic heterocycles. The molecule has 0 bridgehead atoms. The molecule has 0 radical (unpaired) electrons. The fraction of sp³-hybridized carbons (Fsp3) is 1.00. The van der Waals surface area contributed by atoms with E-state index in [-0.39, 0.29) is 0 Å². The summed E-state index contributed by atoms with van der Waals surface area (Å²) in [5, 5.41) is 3.17. The van der Waals surface area contributed by atoms with Crippen molar-refractivity contribution in [1.29, 1.82) is 0 Å². The smallest absolute Gasteiger partial charge is 0.0107 e. The Morgan fingerprint density at radius 3 is 2.55 bits per heavy atom. The first-order valence-electron chi connectivity index (χ1n) is 4.59. The number of nitrogens with zero attached hydrogens (tertiary/aromatic N) is 1. The molecule has 2 heteroatoms. The van der Waals surface area contributed by atoms with Crippen LogP contribution in [0.25, 0.3) is 0 Å². The van der Waals surface area contributed by atoms with E-state index < -0.39 is 0 Å². The van der Waals surface area contributed by atoms with E-state index >= 15 is 0 Å². The zero-order chi connectivity index (χ0) is 8.27. The summed E-state index contributed by atoms with van der Waals surface area (Å²) in [5.74, 6) is 0.969. The van der Waals surface area contributed by atoms with Gasteiger partial charge in [-0.2, -0.15) is 0 Å². The van der Waals surface area contributed by atoms with Crippen LogP contribution in [0.1, 0.15) is 19.8 Å². The standard InChI is InChI=1S/C9H20N2/c1-8-6-9(7-8)11(3)5-4-10-2/h8-10H,4-7H2,1-3H3. The number of rotatable bonds is 4. The minimum atomic E-state index is 0.873. The summed E-state index contributed by atoms with van der Waals surface area (Å²) in [5.41, 5.74) is 0. The van der Waals surface area contributed by atoms with Gasteiger partial charge in [0.15, 0.2) is 0 Å². The largest absolute Gasteiger partial charge is 0.318 e. The van der Waals surface area contributed by atoms with Gasteiger partial charge in [0.05, 0.1) is 0 Å². The van der Waals surface area contributed by atoms with E-state index in [4.69, 9.17) is 0 Å². The summed E-state index contributed by atoms with van der Waals surface area (Å²) in [7, 11) is 4.24. The molecule has 0 unspecified atom stereocenters. The Morgan fingerprint density at radius 2 is 2.09 bits per heavy atom. The van der Waals surface area contributed by atoms with Crippen molar-refractivity contribution in [2.75, 3.05) is 27.2 Å². The third-order valence-electron chi connectivity index (χ3n) is 2.69. The van der Waals surface area contributed by atoms with Crippen LogP contribution >= 0.6 is 0 Å². The Kier molecular flexibility index (Phi) is 3.34. The maximum atomic E-state index is 3.17. The van der Waals surface area contributed by atoms with Gasteiger partial charge in [0.1, 0.15) is 0 Å². The number of nitrogens with one attached hydrogen (secondary N) is 1. The van der Waals surface area contributed by atoms with Crippen LogP contribution in [0.3, 0.4) is 0 Å². The molecule has 0 atom stereocenters. The van der Waals surface area contributed by atoms with Crippen molar-refractivity contribution >= 4 is 0 Å². The molecule has 1 aliphatic carbocycles. The van der Waals surface area contributed by atoms with E-state index in [9.17, 15) is 0 Å². The van der Waals surface area contributed by atoms with E-state index in [2.05, 4.69) is 24.2 Å². The first-order chi connectivity index (χ1) is 5.24. The van der Waals surface area contributed by atoms with Crippen molar-refractivity contribution in [1.82, 2.24) is 10.2 Å². The summed E-state index contributed by atoms with van der Waals surface area (Å²) >= 11 is 0. The van der Waals surface area contributed by atoms with Gasteiger partial charge in [-0.15, -0.1) is 0 Å². The molecule has 1 aliphatic rings. The van der Waals surface area contributed by atoms with Crippen molar-refractivity contribution < 1.29 is 0 Å². The number of hydrogen-bond acceptors (Lipinski definition) is 2. The predicted octanol–water partition coefficient (Wildman–Crippen LogP) is 0.936. The van der Waals surface area contributed by atoms with Crippen LogP contribution in [0.2, 0.25) is 0 Å². The maximum Gasteiger partial charge on any atom is 0.0107 e. The molecular formula is C9H20N2. The highest BCUT2D eigenvalue weighted by molar-refractivity contribution is 4.83. The topological polar surface area (TPSA) is 15.3 Å². The van der Waals surface area contributed by atoms with E-state index in [0.29, 0.717) is 0 Å². The minimum absolute atomic E-state index is 0.873. The van der Waals surface area contributed by atoms with E-state index in [0.717, 1.165) is 18.5 Å². The Hall–Kier alpha value is -0.0800. The average molecular weight is 156 g/mol. The summed E-state index contributed by atoms with van der Waals surface area (Å²) in [6, 6.07) is 0.873. The van der Waals surface area contributed by atoms with Gasteiger partial charge in [0.2, 0.25) is 0 Å². The molecule has 0 amide bonds. The van der Waals surface area contributed by atoms with Gasteiger partial charge < -0.3 is 10.2 Å². The fourth-order valence-electron chi connectivity index (χ4n) is 1.69. The van der Waals surface area contributed by atoms with Crippen molar-refractivity contribution in [3.8, 4) is 0 Å². The zero-order valence-electron chi connectivity index (χ0n) is 7.93. The third-order valence-corrected chi connectivity index (χ3v) is 2.69. The molecule has 0 heterocycles. The molecule has 1 N–H and O–H groups in total. The minimum Gasteiger partial charge on any atom is -0.318 e. The molecule has 2 nitrogen and oxygen atoms in total. The molecule has 0 aromatic rings. The Morgan fingerprint density at radius 1 is 1.45 bits per heavy atom. The second-order valence-electron chi connectivity index (χ2n) is 3.81. The molecule has 66 valence electrons. The van der Waals surface area contributed by atoms with Gasteiger partial charge in [-0.3, -0.25) is 0 Å². The SMILES string of the molecule is CNCCN(C)C1CC(C)C1. The lowest BCUT2D eigenvalue weighted by Gasteiger charge is -2.39. The Labute approximate surface area is 70.0 Å². The van der Waals surface area contributed by atoms with Crippen LogP contribution in [0.15, 0.2) is 0 Å². The van der Waals surface area contributed by atoms with Gasteiger partial charge in [0, 0.05) is 19.1 Å². The average Bonchev–Trinajstić information content (AvgIpc) is 1.94. The van der Waals surface area contributed by atoms with Crippen LogP contribution in [0, 0.1) is 5.92 Å². The lowest BCUT2D eigenvalue weighted by atomic mass is 9.81. The number of likely N-dealkylation sites (N-methyl/N-ethyl adjacent to an activating group) is 2. The third kappa shape index (κ3) is 2.46. The first-order valence-corrected chi connectivity index (χ1v) is 4.59. The summed E-state index contributed by atoms with van der Waals surface area (Å²) < 4.78 is 0. The molecule has 11 heavy (non-hydrogen) atoms. The lowest BCUT2D eigenvalue weighted by molar-refractivity contribution is 0.112.